The van der Waals surface area contributed by atoms with E-state index in [-0.39, 0.29) is 0 Å². The Morgan fingerprint density at radius 3 is 1.48 bits per heavy atom. The monoisotopic (exact) mass is 532 g/mol. The van der Waals surface area contributed by atoms with E-state index in [0.717, 1.165) is 60.0 Å². The predicted octanol–water partition coefficient (Wildman–Crippen LogP) is 7.76. The van der Waals surface area contributed by atoms with Crippen LogP contribution >= 0.6 is 7.14 Å². The number of benzene rings is 5. The Bertz CT molecular complexity index is 1920. The number of aromatic nitrogens is 2. The van der Waals surface area contributed by atoms with Crippen LogP contribution in [0.2, 0.25) is 0 Å². The van der Waals surface area contributed by atoms with E-state index in [0.29, 0.717) is 0 Å². The summed E-state index contributed by atoms with van der Waals surface area (Å²) in [7, 11) is -3.26. The van der Waals surface area contributed by atoms with Gasteiger partial charge in [-0.15, -0.1) is 0 Å². The number of hydrogen-bond acceptors (Lipinski definition) is 3. The Hall–Kier alpha value is -4.85. The zero-order valence-electron chi connectivity index (χ0n) is 21.7. The van der Waals surface area contributed by atoms with Crippen LogP contribution in [0.25, 0.3) is 44.1 Å². The summed E-state index contributed by atoms with van der Waals surface area (Å²) in [6.07, 6.45) is 3.57. The van der Waals surface area contributed by atoms with Gasteiger partial charge in [0.2, 0.25) is 0 Å². The van der Waals surface area contributed by atoms with Crippen LogP contribution in [-0.4, -0.2) is 9.97 Å². The minimum atomic E-state index is -3.26. The summed E-state index contributed by atoms with van der Waals surface area (Å²) in [5, 5.41) is 6.52. The zero-order chi connectivity index (χ0) is 26.9. The largest absolute Gasteiger partial charge is 0.309 e. The Balaban J connectivity index is 1.61. The van der Waals surface area contributed by atoms with Gasteiger partial charge < -0.3 is 4.57 Å². The first-order chi connectivity index (χ1) is 19.7. The number of fused-ring (bicyclic) bond motifs is 2. The molecule has 0 N–H and O–H groups in total. The SMILES string of the molecule is O=P(c1ccccc1)(c1ccccc1)c1c2ccccc2c(-c2cccc(-c3ccncc3)n2)c2ccccc12. The number of hydrogen-bond donors (Lipinski definition) is 0. The van der Waals surface area contributed by atoms with E-state index in [9.17, 15) is 0 Å². The van der Waals surface area contributed by atoms with E-state index in [1.54, 1.807) is 12.4 Å². The molecule has 2 heterocycles. The summed E-state index contributed by atoms with van der Waals surface area (Å²) in [4.78, 5) is 9.29. The van der Waals surface area contributed by atoms with Gasteiger partial charge in [0.25, 0.3) is 0 Å². The molecule has 0 saturated heterocycles. The topological polar surface area (TPSA) is 42.9 Å². The van der Waals surface area contributed by atoms with E-state index in [1.807, 2.05) is 109 Å². The molecule has 3 nitrogen and oxygen atoms in total. The number of nitrogens with zero attached hydrogens (tertiary/aromatic N) is 2. The van der Waals surface area contributed by atoms with Gasteiger partial charge in [-0.3, -0.25) is 4.98 Å². The van der Waals surface area contributed by atoms with E-state index in [1.165, 1.54) is 0 Å². The lowest BCUT2D eigenvalue weighted by atomic mass is 9.94. The van der Waals surface area contributed by atoms with Gasteiger partial charge in [0, 0.05) is 39.4 Å². The maximum atomic E-state index is 15.7. The van der Waals surface area contributed by atoms with Crippen LogP contribution in [0, 0.1) is 0 Å². The molecule has 0 unspecified atom stereocenters. The average molecular weight is 533 g/mol. The fourth-order valence-corrected chi connectivity index (χ4v) is 8.73. The third-order valence-corrected chi connectivity index (χ3v) is 10.6. The van der Waals surface area contributed by atoms with Crippen molar-refractivity contribution in [3.63, 3.8) is 0 Å². The Morgan fingerprint density at radius 1 is 0.450 bits per heavy atom. The molecular formula is C36H25N2OP. The third kappa shape index (κ3) is 3.95. The number of pyridine rings is 2. The third-order valence-electron chi connectivity index (χ3n) is 7.44. The summed E-state index contributed by atoms with van der Waals surface area (Å²) < 4.78 is 15.7. The molecule has 7 aromatic rings. The standard InChI is InChI=1S/C36H25N2OP/c39-40(27-12-3-1-4-13-27,28-14-5-2-6-15-28)36-31-18-9-7-16-29(31)35(30-17-8-10-19-32(30)36)34-21-11-20-33(38-34)26-22-24-37-25-23-26/h1-25H. The summed E-state index contributed by atoms with van der Waals surface area (Å²) >= 11 is 0. The summed E-state index contributed by atoms with van der Waals surface area (Å²) in [5.41, 5.74) is 3.82. The smallest absolute Gasteiger partial charge is 0.172 e. The van der Waals surface area contributed by atoms with Crippen molar-refractivity contribution >= 4 is 44.6 Å². The summed E-state index contributed by atoms with van der Waals surface area (Å²) in [6.45, 7) is 0. The fraction of sp³-hybridized carbons (Fsp3) is 0. The predicted molar refractivity (Wildman–Crippen MR) is 167 cm³/mol. The normalized spacial score (nSPS) is 11.6. The first kappa shape index (κ1) is 24.2. The van der Waals surface area contributed by atoms with Crippen LogP contribution in [-0.2, 0) is 4.57 Å². The highest BCUT2D eigenvalue weighted by atomic mass is 31.2. The molecule has 0 amide bonds. The molecule has 2 aromatic heterocycles. The minimum Gasteiger partial charge on any atom is -0.309 e. The molecule has 4 heteroatoms. The summed E-state index contributed by atoms with van der Waals surface area (Å²) in [5.74, 6) is 0. The molecule has 0 radical (unpaired) electrons. The van der Waals surface area contributed by atoms with Crippen molar-refractivity contribution in [2.45, 2.75) is 0 Å². The van der Waals surface area contributed by atoms with E-state index < -0.39 is 7.14 Å². The highest BCUT2D eigenvalue weighted by Crippen LogP contribution is 2.48. The quantitative estimate of drug-likeness (QED) is 0.168. The molecule has 0 atom stereocenters. The lowest BCUT2D eigenvalue weighted by Gasteiger charge is -2.25. The van der Waals surface area contributed by atoms with Crippen LogP contribution in [0.1, 0.15) is 0 Å². The Labute approximate surface area is 233 Å². The average Bonchev–Trinajstić information content (AvgIpc) is 3.04. The minimum absolute atomic E-state index is 0.821. The highest BCUT2D eigenvalue weighted by Gasteiger charge is 2.34. The highest BCUT2D eigenvalue weighted by molar-refractivity contribution is 7.86. The van der Waals surface area contributed by atoms with Crippen LogP contribution in [0.3, 0.4) is 0 Å². The Kier molecular flexibility index (Phi) is 6.07. The van der Waals surface area contributed by atoms with Gasteiger partial charge in [0.15, 0.2) is 7.14 Å². The number of rotatable bonds is 5. The first-order valence-corrected chi connectivity index (χ1v) is 15.0. The van der Waals surface area contributed by atoms with Crippen molar-refractivity contribution in [3.05, 3.63) is 152 Å². The van der Waals surface area contributed by atoms with E-state index >= 15 is 4.57 Å². The van der Waals surface area contributed by atoms with Crippen molar-refractivity contribution in [2.75, 3.05) is 0 Å². The van der Waals surface area contributed by atoms with Crippen molar-refractivity contribution in [1.29, 1.82) is 0 Å². The summed E-state index contributed by atoms with van der Waals surface area (Å²) in [6, 6.07) is 46.5. The van der Waals surface area contributed by atoms with Crippen LogP contribution in [0.5, 0.6) is 0 Å². The fourth-order valence-electron chi connectivity index (χ4n) is 5.66. The lowest BCUT2D eigenvalue weighted by molar-refractivity contribution is 0.593. The van der Waals surface area contributed by atoms with Gasteiger partial charge in [-0.1, -0.05) is 115 Å². The zero-order valence-corrected chi connectivity index (χ0v) is 22.6. The Morgan fingerprint density at radius 2 is 0.925 bits per heavy atom. The molecule has 0 saturated carbocycles. The molecule has 5 aromatic carbocycles. The molecule has 0 aliphatic carbocycles. The van der Waals surface area contributed by atoms with Gasteiger partial charge >= 0.3 is 0 Å². The molecule has 0 bridgehead atoms. The maximum absolute atomic E-state index is 15.7. The van der Waals surface area contributed by atoms with Crippen LogP contribution < -0.4 is 15.9 Å². The molecular weight excluding hydrogens is 507 g/mol. The first-order valence-electron chi connectivity index (χ1n) is 13.3. The van der Waals surface area contributed by atoms with Gasteiger partial charge in [-0.25, -0.2) is 4.98 Å². The van der Waals surface area contributed by atoms with Gasteiger partial charge in [-0.05, 0) is 45.8 Å². The van der Waals surface area contributed by atoms with Crippen molar-refractivity contribution in [3.8, 4) is 22.5 Å². The van der Waals surface area contributed by atoms with Crippen LogP contribution in [0.15, 0.2) is 152 Å². The molecule has 0 fully saturated rings. The second-order valence-corrected chi connectivity index (χ2v) is 12.4. The van der Waals surface area contributed by atoms with Crippen LogP contribution in [0.4, 0.5) is 0 Å². The molecule has 190 valence electrons. The van der Waals surface area contributed by atoms with Crippen molar-refractivity contribution < 1.29 is 4.57 Å². The molecule has 0 spiro atoms. The maximum Gasteiger partial charge on any atom is 0.172 e. The molecule has 40 heavy (non-hydrogen) atoms. The molecule has 0 aliphatic rings. The second kappa shape index (κ2) is 10.0. The second-order valence-electron chi connectivity index (χ2n) is 9.74. The van der Waals surface area contributed by atoms with Gasteiger partial charge in [0.1, 0.15) is 0 Å². The van der Waals surface area contributed by atoms with E-state index in [2.05, 4.69) is 35.3 Å². The van der Waals surface area contributed by atoms with E-state index in [4.69, 9.17) is 4.98 Å². The lowest BCUT2D eigenvalue weighted by Crippen LogP contribution is -2.26. The van der Waals surface area contributed by atoms with Crippen molar-refractivity contribution in [1.82, 2.24) is 9.97 Å². The van der Waals surface area contributed by atoms with Gasteiger partial charge in [0.05, 0.1) is 11.4 Å². The van der Waals surface area contributed by atoms with Crippen molar-refractivity contribution in [2.24, 2.45) is 0 Å². The molecule has 7 rings (SSSR count). The molecule has 0 aliphatic heterocycles. The van der Waals surface area contributed by atoms with Gasteiger partial charge in [-0.2, -0.15) is 0 Å².